The highest BCUT2D eigenvalue weighted by Gasteiger charge is 2.35. The van der Waals surface area contributed by atoms with Gasteiger partial charge in [-0.2, -0.15) is 26.3 Å². The van der Waals surface area contributed by atoms with Gasteiger partial charge in [0.2, 0.25) is 0 Å². The molecule has 3 aromatic rings. The minimum Gasteiger partial charge on any atom is -0.497 e. The van der Waals surface area contributed by atoms with E-state index in [4.69, 9.17) is 4.74 Å². The fourth-order valence-corrected chi connectivity index (χ4v) is 2.81. The summed E-state index contributed by atoms with van der Waals surface area (Å²) in [7, 11) is 1.50. The minimum absolute atomic E-state index is 0.124. The molecule has 1 heterocycles. The van der Waals surface area contributed by atoms with Crippen LogP contribution >= 0.6 is 0 Å². The van der Waals surface area contributed by atoms with E-state index >= 15 is 0 Å². The molecule has 158 valence electrons. The molecule has 0 aliphatic carbocycles. The number of ether oxygens (including phenoxy) is 1. The zero-order valence-corrected chi connectivity index (χ0v) is 15.6. The number of hydrogen-bond donors (Lipinski definition) is 1. The summed E-state index contributed by atoms with van der Waals surface area (Å²) in [6, 6.07) is 12.5. The maximum atomic E-state index is 13.4. The Morgan fingerprint density at radius 2 is 1.53 bits per heavy atom. The van der Waals surface area contributed by atoms with Gasteiger partial charge in [0.25, 0.3) is 0 Å². The quantitative estimate of drug-likeness (QED) is 0.479. The van der Waals surface area contributed by atoms with E-state index < -0.39 is 34.7 Å². The van der Waals surface area contributed by atoms with Gasteiger partial charge in [0, 0.05) is 12.1 Å². The highest BCUT2D eigenvalue weighted by molar-refractivity contribution is 5.67. The van der Waals surface area contributed by atoms with Gasteiger partial charge in [-0.05, 0) is 35.9 Å². The highest BCUT2D eigenvalue weighted by atomic mass is 19.4. The monoisotopic (exact) mass is 426 g/mol. The van der Waals surface area contributed by atoms with E-state index in [-0.39, 0.29) is 12.4 Å². The van der Waals surface area contributed by atoms with Gasteiger partial charge in [-0.25, -0.2) is 4.98 Å². The molecule has 0 spiro atoms. The number of halogens is 6. The lowest BCUT2D eigenvalue weighted by molar-refractivity contribution is -0.137. The fourth-order valence-electron chi connectivity index (χ4n) is 2.81. The van der Waals surface area contributed by atoms with Crippen molar-refractivity contribution in [2.45, 2.75) is 18.9 Å². The van der Waals surface area contributed by atoms with Gasteiger partial charge in [0.05, 0.1) is 23.9 Å². The van der Waals surface area contributed by atoms with E-state index in [9.17, 15) is 26.3 Å². The molecule has 0 bridgehead atoms. The SMILES string of the molecule is COc1ccc(CNc2cc(C(F)(F)F)cc(-c3ccccc3C(F)(F)F)n2)cc1. The van der Waals surface area contributed by atoms with Crippen molar-refractivity contribution in [3.05, 3.63) is 77.4 Å². The third kappa shape index (κ3) is 5.03. The first kappa shape index (κ1) is 21.5. The number of benzene rings is 2. The molecular weight excluding hydrogens is 410 g/mol. The first-order valence-corrected chi connectivity index (χ1v) is 8.70. The summed E-state index contributed by atoms with van der Waals surface area (Å²) in [6.45, 7) is 0.124. The second-order valence-corrected chi connectivity index (χ2v) is 6.37. The lowest BCUT2D eigenvalue weighted by atomic mass is 10.0. The molecule has 0 amide bonds. The van der Waals surface area contributed by atoms with Crippen LogP contribution in [0.25, 0.3) is 11.3 Å². The van der Waals surface area contributed by atoms with Crippen molar-refractivity contribution in [1.82, 2.24) is 4.98 Å². The van der Waals surface area contributed by atoms with Crippen molar-refractivity contribution >= 4 is 5.82 Å². The maximum Gasteiger partial charge on any atom is 0.417 e. The molecule has 0 fully saturated rings. The van der Waals surface area contributed by atoms with Crippen molar-refractivity contribution in [3.63, 3.8) is 0 Å². The highest BCUT2D eigenvalue weighted by Crippen LogP contribution is 2.39. The maximum absolute atomic E-state index is 13.4. The molecule has 0 atom stereocenters. The number of nitrogens with one attached hydrogen (secondary N) is 1. The van der Waals surface area contributed by atoms with Crippen LogP contribution in [0.15, 0.2) is 60.7 Å². The predicted octanol–water partition coefficient (Wildman–Crippen LogP) is 6.41. The topological polar surface area (TPSA) is 34.1 Å². The number of anilines is 1. The molecule has 1 N–H and O–H groups in total. The van der Waals surface area contributed by atoms with Crippen LogP contribution in [0.2, 0.25) is 0 Å². The number of rotatable bonds is 5. The van der Waals surface area contributed by atoms with Gasteiger partial charge >= 0.3 is 12.4 Å². The Kier molecular flexibility index (Phi) is 5.91. The van der Waals surface area contributed by atoms with E-state index in [1.165, 1.54) is 19.2 Å². The molecular formula is C21H16F6N2O. The molecule has 0 saturated carbocycles. The number of methoxy groups -OCH3 is 1. The zero-order chi connectivity index (χ0) is 21.9. The summed E-state index contributed by atoms with van der Waals surface area (Å²) < 4.78 is 85.1. The molecule has 30 heavy (non-hydrogen) atoms. The van der Waals surface area contributed by atoms with Crippen molar-refractivity contribution in [1.29, 1.82) is 0 Å². The number of aromatic nitrogens is 1. The van der Waals surface area contributed by atoms with Gasteiger partial charge in [-0.3, -0.25) is 0 Å². The van der Waals surface area contributed by atoms with Crippen LogP contribution in [-0.2, 0) is 18.9 Å². The molecule has 0 unspecified atom stereocenters. The second kappa shape index (κ2) is 8.25. The standard InChI is InChI=1S/C21H16F6N2O/c1-30-15-8-6-13(7-9-15)12-28-19-11-14(20(22,23)24)10-18(29-19)16-4-2-3-5-17(16)21(25,26)27/h2-11H,12H2,1H3,(H,28,29). The van der Waals surface area contributed by atoms with Crippen molar-refractivity contribution in [3.8, 4) is 17.0 Å². The average molecular weight is 426 g/mol. The van der Waals surface area contributed by atoms with E-state index in [0.717, 1.165) is 23.8 Å². The van der Waals surface area contributed by atoms with Crippen LogP contribution in [-0.4, -0.2) is 12.1 Å². The van der Waals surface area contributed by atoms with E-state index in [1.54, 1.807) is 24.3 Å². The molecule has 3 rings (SSSR count). The van der Waals surface area contributed by atoms with E-state index in [0.29, 0.717) is 11.8 Å². The van der Waals surface area contributed by atoms with Gasteiger partial charge in [0.15, 0.2) is 0 Å². The predicted molar refractivity (Wildman–Crippen MR) is 100.0 cm³/mol. The summed E-state index contributed by atoms with van der Waals surface area (Å²) in [5.41, 5.74) is -2.27. The summed E-state index contributed by atoms with van der Waals surface area (Å²) in [4.78, 5) is 4.00. The molecule has 0 saturated heterocycles. The Labute approximate surface area is 168 Å². The van der Waals surface area contributed by atoms with Crippen LogP contribution in [0.1, 0.15) is 16.7 Å². The summed E-state index contributed by atoms with van der Waals surface area (Å²) in [6.07, 6.45) is -9.48. The lowest BCUT2D eigenvalue weighted by Crippen LogP contribution is -2.11. The largest absolute Gasteiger partial charge is 0.497 e. The smallest absolute Gasteiger partial charge is 0.417 e. The summed E-state index contributed by atoms with van der Waals surface area (Å²) >= 11 is 0. The normalized spacial score (nSPS) is 12.0. The van der Waals surface area contributed by atoms with E-state index in [1.807, 2.05) is 0 Å². The van der Waals surface area contributed by atoms with Crippen molar-refractivity contribution in [2.75, 3.05) is 12.4 Å². The molecule has 9 heteroatoms. The Bertz CT molecular complexity index is 1010. The first-order valence-electron chi connectivity index (χ1n) is 8.70. The Morgan fingerprint density at radius 3 is 2.13 bits per heavy atom. The van der Waals surface area contributed by atoms with Crippen molar-refractivity contribution < 1.29 is 31.1 Å². The summed E-state index contributed by atoms with van der Waals surface area (Å²) in [5.74, 6) is 0.426. The minimum atomic E-state index is -4.75. The van der Waals surface area contributed by atoms with Crippen LogP contribution in [0.5, 0.6) is 5.75 Å². The number of alkyl halides is 6. The lowest BCUT2D eigenvalue weighted by Gasteiger charge is -2.16. The van der Waals surface area contributed by atoms with Crippen LogP contribution in [0.4, 0.5) is 32.2 Å². The Hall–Kier alpha value is -3.23. The average Bonchev–Trinajstić information content (AvgIpc) is 2.71. The van der Waals surface area contributed by atoms with Crippen LogP contribution in [0, 0.1) is 0 Å². The van der Waals surface area contributed by atoms with Gasteiger partial charge in [-0.1, -0.05) is 30.3 Å². The van der Waals surface area contributed by atoms with Gasteiger partial charge in [-0.15, -0.1) is 0 Å². The molecule has 0 aliphatic rings. The number of pyridine rings is 1. The summed E-state index contributed by atoms with van der Waals surface area (Å²) in [5, 5.41) is 2.75. The third-order valence-electron chi connectivity index (χ3n) is 4.29. The number of nitrogens with zero attached hydrogens (tertiary/aromatic N) is 1. The zero-order valence-electron chi connectivity index (χ0n) is 15.6. The fraction of sp³-hybridized carbons (Fsp3) is 0.190. The Balaban J connectivity index is 1.99. The number of hydrogen-bond acceptors (Lipinski definition) is 3. The van der Waals surface area contributed by atoms with Crippen LogP contribution < -0.4 is 10.1 Å². The Morgan fingerprint density at radius 1 is 0.867 bits per heavy atom. The molecule has 2 aromatic carbocycles. The van der Waals surface area contributed by atoms with Crippen LogP contribution in [0.3, 0.4) is 0 Å². The second-order valence-electron chi connectivity index (χ2n) is 6.37. The van der Waals surface area contributed by atoms with Gasteiger partial charge in [0.1, 0.15) is 11.6 Å². The molecule has 0 radical (unpaired) electrons. The third-order valence-corrected chi connectivity index (χ3v) is 4.29. The molecule has 3 nitrogen and oxygen atoms in total. The first-order chi connectivity index (χ1) is 14.1. The van der Waals surface area contributed by atoms with E-state index in [2.05, 4.69) is 10.3 Å². The van der Waals surface area contributed by atoms with Gasteiger partial charge < -0.3 is 10.1 Å². The van der Waals surface area contributed by atoms with Crippen molar-refractivity contribution in [2.24, 2.45) is 0 Å². The molecule has 0 aliphatic heterocycles. The molecule has 1 aromatic heterocycles.